The van der Waals surface area contributed by atoms with E-state index in [1.54, 1.807) is 6.92 Å². The molecule has 4 rings (SSSR count). The molecule has 7 heteroatoms. The van der Waals surface area contributed by atoms with E-state index in [-0.39, 0.29) is 49.0 Å². The molecular formula is C18H28O7. The summed E-state index contributed by atoms with van der Waals surface area (Å²) in [5, 5.41) is 10.3. The first kappa shape index (κ1) is 17.7. The van der Waals surface area contributed by atoms with Crippen LogP contribution in [0.25, 0.3) is 0 Å². The zero-order valence-corrected chi connectivity index (χ0v) is 14.7. The summed E-state index contributed by atoms with van der Waals surface area (Å²) >= 11 is 0. The van der Waals surface area contributed by atoms with Gasteiger partial charge in [0, 0.05) is 25.9 Å². The van der Waals surface area contributed by atoms with Crippen molar-refractivity contribution in [3.8, 4) is 0 Å². The SMILES string of the molecule is CCOC(=O)C[C@H]1O[C@H]2C[C@H]3O[C@H]4CCCO[C@@H]4C[C@@H]3O[C@@H]2C[C@@H]1O. The molecule has 8 atom stereocenters. The number of fused-ring (bicyclic) bond motifs is 3. The summed E-state index contributed by atoms with van der Waals surface area (Å²) in [7, 11) is 0. The van der Waals surface area contributed by atoms with Crippen molar-refractivity contribution in [1.82, 2.24) is 0 Å². The van der Waals surface area contributed by atoms with E-state index in [0.29, 0.717) is 13.0 Å². The lowest BCUT2D eigenvalue weighted by molar-refractivity contribution is -0.289. The molecule has 4 saturated heterocycles. The lowest BCUT2D eigenvalue weighted by atomic mass is 9.85. The Labute approximate surface area is 147 Å². The second kappa shape index (κ2) is 7.48. The Balaban J connectivity index is 1.38. The van der Waals surface area contributed by atoms with Crippen molar-refractivity contribution < 1.29 is 33.6 Å². The van der Waals surface area contributed by atoms with E-state index >= 15 is 0 Å². The summed E-state index contributed by atoms with van der Waals surface area (Å²) in [5.41, 5.74) is 0. The molecule has 1 N–H and O–H groups in total. The lowest BCUT2D eigenvalue weighted by Crippen LogP contribution is -2.60. The van der Waals surface area contributed by atoms with Crippen LogP contribution in [-0.2, 0) is 28.5 Å². The number of carbonyl (C=O) groups excluding carboxylic acids is 1. The van der Waals surface area contributed by atoms with Crippen LogP contribution in [0.5, 0.6) is 0 Å². The Kier molecular flexibility index (Phi) is 5.29. The molecule has 7 nitrogen and oxygen atoms in total. The predicted octanol–water partition coefficient (Wildman–Crippen LogP) is 0.952. The second-order valence-electron chi connectivity index (χ2n) is 7.47. The van der Waals surface area contributed by atoms with Crippen LogP contribution in [0.2, 0.25) is 0 Å². The highest BCUT2D eigenvalue weighted by atomic mass is 16.6. The van der Waals surface area contributed by atoms with Crippen LogP contribution in [0.3, 0.4) is 0 Å². The molecule has 0 unspecified atom stereocenters. The highest BCUT2D eigenvalue weighted by molar-refractivity contribution is 5.70. The molecule has 0 radical (unpaired) electrons. The van der Waals surface area contributed by atoms with Crippen molar-refractivity contribution in [3.05, 3.63) is 0 Å². The minimum atomic E-state index is -0.717. The third kappa shape index (κ3) is 3.71. The van der Waals surface area contributed by atoms with Gasteiger partial charge in [0.15, 0.2) is 0 Å². The molecule has 0 aliphatic carbocycles. The Bertz CT molecular complexity index is 484. The van der Waals surface area contributed by atoms with Crippen molar-refractivity contribution in [3.63, 3.8) is 0 Å². The van der Waals surface area contributed by atoms with Gasteiger partial charge in [-0.3, -0.25) is 4.79 Å². The van der Waals surface area contributed by atoms with E-state index in [9.17, 15) is 9.90 Å². The molecule has 4 heterocycles. The zero-order chi connectivity index (χ0) is 17.4. The fourth-order valence-electron chi connectivity index (χ4n) is 4.55. The molecule has 4 aliphatic heterocycles. The summed E-state index contributed by atoms with van der Waals surface area (Å²) < 4.78 is 29.3. The number of rotatable bonds is 3. The van der Waals surface area contributed by atoms with Gasteiger partial charge < -0.3 is 28.8 Å². The number of aliphatic hydroxyl groups excluding tert-OH is 1. The van der Waals surface area contributed by atoms with Crippen LogP contribution in [0.4, 0.5) is 0 Å². The van der Waals surface area contributed by atoms with Gasteiger partial charge in [-0.2, -0.15) is 0 Å². The quantitative estimate of drug-likeness (QED) is 0.754. The largest absolute Gasteiger partial charge is 0.466 e. The maximum Gasteiger partial charge on any atom is 0.308 e. The van der Waals surface area contributed by atoms with Gasteiger partial charge in [-0.25, -0.2) is 0 Å². The number of esters is 1. The van der Waals surface area contributed by atoms with Crippen molar-refractivity contribution in [2.45, 2.75) is 94.3 Å². The molecule has 0 bridgehead atoms. The Morgan fingerprint density at radius 2 is 1.68 bits per heavy atom. The van der Waals surface area contributed by atoms with E-state index in [1.807, 2.05) is 0 Å². The van der Waals surface area contributed by atoms with E-state index < -0.39 is 12.2 Å². The average molecular weight is 356 g/mol. The molecule has 0 aromatic heterocycles. The van der Waals surface area contributed by atoms with E-state index in [1.165, 1.54) is 0 Å². The van der Waals surface area contributed by atoms with E-state index in [4.69, 9.17) is 23.7 Å². The number of aliphatic hydroxyl groups is 1. The Hall–Kier alpha value is -0.730. The topological polar surface area (TPSA) is 83.5 Å². The van der Waals surface area contributed by atoms with Gasteiger partial charge in [-0.1, -0.05) is 0 Å². The monoisotopic (exact) mass is 356 g/mol. The summed E-state index contributed by atoms with van der Waals surface area (Å²) in [6.45, 7) is 2.90. The Morgan fingerprint density at radius 1 is 1.00 bits per heavy atom. The fraction of sp³-hybridized carbons (Fsp3) is 0.944. The van der Waals surface area contributed by atoms with Crippen LogP contribution in [-0.4, -0.2) is 73.1 Å². The number of carbonyl (C=O) groups is 1. The molecular weight excluding hydrogens is 328 g/mol. The maximum atomic E-state index is 11.7. The third-order valence-corrected chi connectivity index (χ3v) is 5.76. The van der Waals surface area contributed by atoms with Crippen molar-refractivity contribution in [2.24, 2.45) is 0 Å². The molecule has 0 aromatic rings. The lowest BCUT2D eigenvalue weighted by Gasteiger charge is -2.51. The zero-order valence-electron chi connectivity index (χ0n) is 14.7. The standard InChI is InChI=1S/C18H28O7/c1-2-21-18(20)9-12-10(19)6-14-16(24-12)8-17-15(25-14)7-13-11(23-17)4-3-5-22-13/h10-17,19H,2-9H2,1H3/t10-,11-,12+,13+,14+,15-,16-,17+/m0/s1. The molecule has 142 valence electrons. The van der Waals surface area contributed by atoms with Crippen LogP contribution < -0.4 is 0 Å². The normalized spacial score (nSPS) is 46.5. The molecule has 0 aromatic carbocycles. The summed E-state index contributed by atoms with van der Waals surface area (Å²) in [4.78, 5) is 11.7. The van der Waals surface area contributed by atoms with Gasteiger partial charge in [0.1, 0.15) is 0 Å². The van der Waals surface area contributed by atoms with E-state index in [2.05, 4.69) is 0 Å². The van der Waals surface area contributed by atoms with Gasteiger partial charge >= 0.3 is 5.97 Å². The number of ether oxygens (including phenoxy) is 5. The first-order valence-electron chi connectivity index (χ1n) is 9.55. The molecule has 0 amide bonds. The van der Waals surface area contributed by atoms with E-state index in [0.717, 1.165) is 32.3 Å². The molecule has 0 spiro atoms. The number of hydrogen-bond donors (Lipinski definition) is 1. The third-order valence-electron chi connectivity index (χ3n) is 5.76. The van der Waals surface area contributed by atoms with Gasteiger partial charge in [0.25, 0.3) is 0 Å². The number of hydrogen-bond acceptors (Lipinski definition) is 7. The van der Waals surface area contributed by atoms with Crippen molar-refractivity contribution in [2.75, 3.05) is 13.2 Å². The second-order valence-corrected chi connectivity index (χ2v) is 7.47. The minimum Gasteiger partial charge on any atom is -0.466 e. The van der Waals surface area contributed by atoms with Crippen LogP contribution in [0.15, 0.2) is 0 Å². The fourth-order valence-corrected chi connectivity index (χ4v) is 4.55. The van der Waals surface area contributed by atoms with Crippen molar-refractivity contribution in [1.29, 1.82) is 0 Å². The first-order valence-corrected chi connectivity index (χ1v) is 9.55. The summed E-state index contributed by atoms with van der Waals surface area (Å²) in [6.07, 6.45) is 2.94. The van der Waals surface area contributed by atoms with Gasteiger partial charge in [-0.05, 0) is 19.8 Å². The summed E-state index contributed by atoms with van der Waals surface area (Å²) in [6, 6.07) is 0. The highest BCUT2D eigenvalue weighted by Crippen LogP contribution is 2.40. The van der Waals surface area contributed by atoms with Crippen LogP contribution >= 0.6 is 0 Å². The molecule has 4 aliphatic rings. The molecule has 25 heavy (non-hydrogen) atoms. The summed E-state index contributed by atoms with van der Waals surface area (Å²) in [5.74, 6) is -0.337. The van der Waals surface area contributed by atoms with Gasteiger partial charge in [0.2, 0.25) is 0 Å². The molecule has 4 fully saturated rings. The predicted molar refractivity (Wildman–Crippen MR) is 86.1 cm³/mol. The smallest absolute Gasteiger partial charge is 0.308 e. The average Bonchev–Trinajstić information content (AvgIpc) is 2.59. The van der Waals surface area contributed by atoms with Gasteiger partial charge in [0.05, 0.1) is 61.9 Å². The highest BCUT2D eigenvalue weighted by Gasteiger charge is 2.50. The molecule has 0 saturated carbocycles. The van der Waals surface area contributed by atoms with Crippen LogP contribution in [0.1, 0.15) is 45.4 Å². The first-order chi connectivity index (χ1) is 12.1. The maximum absolute atomic E-state index is 11.7. The minimum absolute atomic E-state index is 0.00185. The van der Waals surface area contributed by atoms with Crippen LogP contribution in [0, 0.1) is 0 Å². The van der Waals surface area contributed by atoms with Crippen molar-refractivity contribution >= 4 is 5.97 Å². The Morgan fingerprint density at radius 3 is 2.48 bits per heavy atom. The van der Waals surface area contributed by atoms with Gasteiger partial charge in [-0.15, -0.1) is 0 Å².